The number of hydrogen-bond acceptors (Lipinski definition) is 4. The van der Waals surface area contributed by atoms with Gasteiger partial charge in [0.05, 0.1) is 25.9 Å². The number of morpholine rings is 1. The third-order valence-corrected chi connectivity index (χ3v) is 3.02. The summed E-state index contributed by atoms with van der Waals surface area (Å²) >= 11 is 0. The minimum Gasteiger partial charge on any atom is -0.395 e. The number of carbonyl (C=O) groups is 1. The van der Waals surface area contributed by atoms with E-state index in [4.69, 9.17) is 9.84 Å². The van der Waals surface area contributed by atoms with Crippen LogP contribution >= 0.6 is 0 Å². The molecule has 1 fully saturated rings. The maximum atomic E-state index is 12.1. The molecular formula is C11H22N2O3. The lowest BCUT2D eigenvalue weighted by molar-refractivity contribution is -0.140. The maximum Gasteiger partial charge on any atom is 0.239 e. The Morgan fingerprint density at radius 3 is 2.62 bits per heavy atom. The third-order valence-electron chi connectivity index (χ3n) is 3.02. The Kier molecular flexibility index (Phi) is 5.73. The number of nitrogens with zero attached hydrogens (tertiary/aromatic N) is 2. The number of likely N-dealkylation sites (N-methyl/N-ethyl adjacent to an activating group) is 1. The molecular weight excluding hydrogens is 208 g/mol. The fraction of sp³-hybridized carbons (Fsp3) is 0.909. The zero-order chi connectivity index (χ0) is 12.0. The van der Waals surface area contributed by atoms with Gasteiger partial charge >= 0.3 is 0 Å². The standard InChI is InChI=1S/C11H22N2O3/c1-3-12(4-7-14)10(2)11(15)13-5-8-16-9-6-13/h10,14H,3-9H2,1-2H3. The Balaban J connectivity index is 2.49. The van der Waals surface area contributed by atoms with Crippen LogP contribution in [0.25, 0.3) is 0 Å². The maximum absolute atomic E-state index is 12.1. The van der Waals surface area contributed by atoms with E-state index in [1.807, 2.05) is 23.6 Å². The van der Waals surface area contributed by atoms with Gasteiger partial charge in [0.15, 0.2) is 0 Å². The van der Waals surface area contributed by atoms with Gasteiger partial charge in [-0.1, -0.05) is 6.92 Å². The normalized spacial score (nSPS) is 18.9. The van der Waals surface area contributed by atoms with E-state index in [0.29, 0.717) is 32.8 Å². The molecule has 0 aromatic rings. The van der Waals surface area contributed by atoms with Gasteiger partial charge in [-0.3, -0.25) is 9.69 Å². The van der Waals surface area contributed by atoms with Gasteiger partial charge in [-0.25, -0.2) is 0 Å². The van der Waals surface area contributed by atoms with Crippen molar-refractivity contribution in [3.05, 3.63) is 0 Å². The fourth-order valence-corrected chi connectivity index (χ4v) is 1.96. The number of aliphatic hydroxyl groups excluding tert-OH is 1. The summed E-state index contributed by atoms with van der Waals surface area (Å²) in [6.45, 7) is 7.94. The van der Waals surface area contributed by atoms with E-state index in [9.17, 15) is 4.79 Å². The second kappa shape index (κ2) is 6.83. The highest BCUT2D eigenvalue weighted by molar-refractivity contribution is 5.81. The number of aliphatic hydroxyl groups is 1. The van der Waals surface area contributed by atoms with E-state index in [1.54, 1.807) is 0 Å². The van der Waals surface area contributed by atoms with Crippen molar-refractivity contribution in [2.75, 3.05) is 46.0 Å². The van der Waals surface area contributed by atoms with Gasteiger partial charge in [-0.2, -0.15) is 0 Å². The molecule has 1 aliphatic heterocycles. The van der Waals surface area contributed by atoms with Crippen LogP contribution in [0.5, 0.6) is 0 Å². The molecule has 1 atom stereocenters. The first-order valence-corrected chi connectivity index (χ1v) is 5.92. The first kappa shape index (κ1) is 13.4. The van der Waals surface area contributed by atoms with E-state index in [-0.39, 0.29) is 18.6 Å². The van der Waals surface area contributed by atoms with Crippen molar-refractivity contribution in [3.8, 4) is 0 Å². The summed E-state index contributed by atoms with van der Waals surface area (Å²) in [4.78, 5) is 15.9. The van der Waals surface area contributed by atoms with E-state index in [2.05, 4.69) is 0 Å². The molecule has 5 heteroatoms. The lowest BCUT2D eigenvalue weighted by Crippen LogP contribution is -2.51. The Hall–Kier alpha value is -0.650. The Morgan fingerprint density at radius 2 is 2.12 bits per heavy atom. The molecule has 1 amide bonds. The van der Waals surface area contributed by atoms with Crippen molar-refractivity contribution in [1.29, 1.82) is 0 Å². The third kappa shape index (κ3) is 3.43. The molecule has 0 bridgehead atoms. The number of amides is 1. The lowest BCUT2D eigenvalue weighted by Gasteiger charge is -2.33. The molecule has 1 heterocycles. The summed E-state index contributed by atoms with van der Waals surface area (Å²) in [7, 11) is 0. The van der Waals surface area contributed by atoms with Crippen LogP contribution in [0.4, 0.5) is 0 Å². The largest absolute Gasteiger partial charge is 0.395 e. The summed E-state index contributed by atoms with van der Waals surface area (Å²) in [5.41, 5.74) is 0. The fourth-order valence-electron chi connectivity index (χ4n) is 1.96. The van der Waals surface area contributed by atoms with Crippen LogP contribution in [0, 0.1) is 0 Å². The average Bonchev–Trinajstić information content (AvgIpc) is 2.35. The Morgan fingerprint density at radius 1 is 1.50 bits per heavy atom. The van der Waals surface area contributed by atoms with Gasteiger partial charge in [0.25, 0.3) is 0 Å². The second-order valence-corrected chi connectivity index (χ2v) is 3.97. The predicted molar refractivity (Wildman–Crippen MR) is 61.2 cm³/mol. The zero-order valence-corrected chi connectivity index (χ0v) is 10.2. The molecule has 16 heavy (non-hydrogen) atoms. The van der Waals surface area contributed by atoms with Crippen molar-refractivity contribution in [2.24, 2.45) is 0 Å². The van der Waals surface area contributed by atoms with Crippen LogP contribution in [-0.4, -0.2) is 72.9 Å². The number of hydrogen-bond donors (Lipinski definition) is 1. The minimum absolute atomic E-state index is 0.0918. The first-order chi connectivity index (χ1) is 7.70. The highest BCUT2D eigenvalue weighted by atomic mass is 16.5. The molecule has 5 nitrogen and oxygen atoms in total. The van der Waals surface area contributed by atoms with E-state index in [1.165, 1.54) is 0 Å². The second-order valence-electron chi connectivity index (χ2n) is 3.97. The van der Waals surface area contributed by atoms with Gasteiger partial charge in [0.2, 0.25) is 5.91 Å². The smallest absolute Gasteiger partial charge is 0.239 e. The van der Waals surface area contributed by atoms with Crippen molar-refractivity contribution >= 4 is 5.91 Å². The summed E-state index contributed by atoms with van der Waals surface area (Å²) in [5.74, 6) is 0.138. The zero-order valence-electron chi connectivity index (χ0n) is 10.2. The quantitative estimate of drug-likeness (QED) is 0.695. The minimum atomic E-state index is -0.157. The van der Waals surface area contributed by atoms with E-state index >= 15 is 0 Å². The van der Waals surface area contributed by atoms with Crippen LogP contribution in [0.15, 0.2) is 0 Å². The van der Waals surface area contributed by atoms with E-state index < -0.39 is 0 Å². The van der Waals surface area contributed by atoms with Gasteiger partial charge in [0, 0.05) is 19.6 Å². The monoisotopic (exact) mass is 230 g/mol. The predicted octanol–water partition coefficient (Wildman–Crippen LogP) is -0.452. The summed E-state index contributed by atoms with van der Waals surface area (Å²) in [5, 5.41) is 8.92. The van der Waals surface area contributed by atoms with Crippen LogP contribution in [-0.2, 0) is 9.53 Å². The summed E-state index contributed by atoms with van der Waals surface area (Å²) in [6, 6.07) is -0.157. The molecule has 0 saturated carbocycles. The Labute approximate surface area is 97.0 Å². The molecule has 1 rings (SSSR count). The van der Waals surface area contributed by atoms with Gasteiger partial charge in [0.1, 0.15) is 0 Å². The average molecular weight is 230 g/mol. The summed E-state index contributed by atoms with van der Waals surface area (Å²) in [6.07, 6.45) is 0. The molecule has 0 aliphatic carbocycles. The van der Waals surface area contributed by atoms with Crippen LogP contribution in [0.3, 0.4) is 0 Å². The first-order valence-electron chi connectivity index (χ1n) is 5.92. The molecule has 1 unspecified atom stereocenters. The van der Waals surface area contributed by atoms with Gasteiger partial charge in [-0.05, 0) is 13.5 Å². The molecule has 1 saturated heterocycles. The number of ether oxygens (including phenoxy) is 1. The highest BCUT2D eigenvalue weighted by Crippen LogP contribution is 2.06. The van der Waals surface area contributed by atoms with Gasteiger partial charge in [-0.15, -0.1) is 0 Å². The molecule has 0 aromatic heterocycles. The van der Waals surface area contributed by atoms with Crippen molar-refractivity contribution in [3.63, 3.8) is 0 Å². The van der Waals surface area contributed by atoms with Crippen molar-refractivity contribution in [1.82, 2.24) is 9.80 Å². The van der Waals surface area contributed by atoms with Crippen molar-refractivity contribution in [2.45, 2.75) is 19.9 Å². The van der Waals surface area contributed by atoms with Crippen molar-refractivity contribution < 1.29 is 14.6 Å². The van der Waals surface area contributed by atoms with Gasteiger partial charge < -0.3 is 14.7 Å². The topological polar surface area (TPSA) is 53.0 Å². The molecule has 0 aromatic carbocycles. The highest BCUT2D eigenvalue weighted by Gasteiger charge is 2.25. The van der Waals surface area contributed by atoms with Crippen LogP contribution in [0.1, 0.15) is 13.8 Å². The molecule has 94 valence electrons. The van der Waals surface area contributed by atoms with Crippen LogP contribution < -0.4 is 0 Å². The number of carbonyl (C=O) groups excluding carboxylic acids is 1. The Bertz CT molecular complexity index is 217. The van der Waals surface area contributed by atoms with E-state index in [0.717, 1.165) is 6.54 Å². The SMILES string of the molecule is CCN(CCO)C(C)C(=O)N1CCOCC1. The molecule has 0 spiro atoms. The lowest BCUT2D eigenvalue weighted by atomic mass is 10.2. The molecule has 0 radical (unpaired) electrons. The summed E-state index contributed by atoms with van der Waals surface area (Å²) < 4.78 is 5.22. The molecule has 1 aliphatic rings. The van der Waals surface area contributed by atoms with Crippen LogP contribution in [0.2, 0.25) is 0 Å². The number of rotatable bonds is 5. The molecule has 1 N–H and O–H groups in total.